The van der Waals surface area contributed by atoms with Crippen LogP contribution in [0.2, 0.25) is 0 Å². The van der Waals surface area contributed by atoms with Gasteiger partial charge in [0.2, 0.25) is 6.79 Å². The second kappa shape index (κ2) is 8.09. The third kappa shape index (κ3) is 7.78. The summed E-state index contributed by atoms with van der Waals surface area (Å²) >= 11 is 0. The van der Waals surface area contributed by atoms with Gasteiger partial charge in [0.15, 0.2) is 5.88 Å². The third-order valence-corrected chi connectivity index (χ3v) is 1.66. The lowest BCUT2D eigenvalue weighted by Gasteiger charge is -2.13. The predicted molar refractivity (Wildman–Crippen MR) is 65.3 cm³/mol. The Labute approximate surface area is 101 Å². The maximum Gasteiger partial charge on any atom is 0.335 e. The van der Waals surface area contributed by atoms with E-state index in [1.807, 2.05) is 0 Å². The molecule has 0 aromatic rings. The average Bonchev–Trinajstić information content (AvgIpc) is 2.28. The molecule has 0 saturated carbocycles. The van der Waals surface area contributed by atoms with E-state index < -0.39 is 5.97 Å². The largest absolute Gasteiger partial charge is 0.443 e. The van der Waals surface area contributed by atoms with Crippen LogP contribution in [0.1, 0.15) is 6.92 Å². The van der Waals surface area contributed by atoms with E-state index in [4.69, 9.17) is 9.47 Å². The molecule has 0 amide bonds. The molecule has 0 fully saturated rings. The molecule has 0 aliphatic heterocycles. The topological polar surface area (TPSA) is 71.6 Å². The highest BCUT2D eigenvalue weighted by molar-refractivity contribution is 5.86. The van der Waals surface area contributed by atoms with E-state index in [2.05, 4.69) is 35.7 Å². The molecule has 0 unspecified atom stereocenters. The molecule has 0 rings (SSSR count). The van der Waals surface area contributed by atoms with E-state index in [-0.39, 0.29) is 12.7 Å². The first kappa shape index (κ1) is 14.9. The molecule has 96 valence electrons. The molecule has 0 saturated heterocycles. The minimum atomic E-state index is -0.500. The maximum atomic E-state index is 11.0. The summed E-state index contributed by atoms with van der Waals surface area (Å²) in [6.07, 6.45) is 0. The zero-order valence-electron chi connectivity index (χ0n) is 10.3. The molecule has 0 aliphatic carbocycles. The van der Waals surface area contributed by atoms with Crippen molar-refractivity contribution in [3.05, 3.63) is 37.0 Å². The van der Waals surface area contributed by atoms with Crippen LogP contribution in [-0.4, -0.2) is 26.5 Å². The molecular formula is C11H19N3O3. The van der Waals surface area contributed by atoms with Crippen LogP contribution in [0.25, 0.3) is 0 Å². The highest BCUT2D eigenvalue weighted by atomic mass is 16.7. The van der Waals surface area contributed by atoms with Gasteiger partial charge in [0.25, 0.3) is 0 Å². The zero-order chi connectivity index (χ0) is 13.3. The molecule has 0 radical (unpaired) electrons. The van der Waals surface area contributed by atoms with Gasteiger partial charge in [-0.2, -0.15) is 0 Å². The van der Waals surface area contributed by atoms with Crippen molar-refractivity contribution in [3.8, 4) is 0 Å². The number of hydrogen-bond acceptors (Lipinski definition) is 6. The Balaban J connectivity index is 3.57. The van der Waals surface area contributed by atoms with Crippen LogP contribution in [0.3, 0.4) is 0 Å². The fourth-order valence-electron chi connectivity index (χ4n) is 0.666. The monoisotopic (exact) mass is 241 g/mol. The van der Waals surface area contributed by atoms with Gasteiger partial charge in [-0.15, -0.1) is 0 Å². The normalized spacial score (nSPS) is 8.82. The summed E-state index contributed by atoms with van der Waals surface area (Å²) in [6.45, 7) is 12.4. The van der Waals surface area contributed by atoms with Crippen LogP contribution in [0.4, 0.5) is 0 Å². The maximum absolute atomic E-state index is 11.0. The van der Waals surface area contributed by atoms with Crippen molar-refractivity contribution in [2.75, 3.05) is 20.5 Å². The lowest BCUT2D eigenvalue weighted by molar-refractivity contribution is -0.148. The Hall–Kier alpha value is -2.11. The summed E-state index contributed by atoms with van der Waals surface area (Å²) in [5.74, 6) is 0.453. The minimum Gasteiger partial charge on any atom is -0.443 e. The van der Waals surface area contributed by atoms with Crippen LogP contribution in [-0.2, 0) is 14.3 Å². The molecule has 0 bridgehead atoms. The van der Waals surface area contributed by atoms with Crippen molar-refractivity contribution >= 4 is 5.97 Å². The van der Waals surface area contributed by atoms with Gasteiger partial charge in [0.1, 0.15) is 0 Å². The molecule has 6 heteroatoms. The van der Waals surface area contributed by atoms with Crippen molar-refractivity contribution < 1.29 is 14.3 Å². The lowest BCUT2D eigenvalue weighted by atomic mass is 10.4. The van der Waals surface area contributed by atoms with Gasteiger partial charge < -0.3 is 25.4 Å². The van der Waals surface area contributed by atoms with E-state index >= 15 is 0 Å². The van der Waals surface area contributed by atoms with Crippen molar-refractivity contribution in [1.82, 2.24) is 16.0 Å². The summed E-state index contributed by atoms with van der Waals surface area (Å²) in [5.41, 5.74) is 0.319. The number of nitrogens with one attached hydrogen (secondary N) is 3. The molecule has 3 N–H and O–H groups in total. The first-order chi connectivity index (χ1) is 7.97. The highest BCUT2D eigenvalue weighted by Gasteiger charge is 2.02. The summed E-state index contributed by atoms with van der Waals surface area (Å²) in [7, 11) is 1.75. The van der Waals surface area contributed by atoms with E-state index in [1.54, 1.807) is 14.0 Å². The quantitative estimate of drug-likeness (QED) is 0.235. The van der Waals surface area contributed by atoms with Crippen LogP contribution in [0.5, 0.6) is 0 Å². The molecule has 0 aliphatic rings. The Morgan fingerprint density at radius 1 is 1.18 bits per heavy atom. The number of hydrogen-bond donors (Lipinski definition) is 3. The predicted octanol–water partition coefficient (Wildman–Crippen LogP) is 0.378. The van der Waals surface area contributed by atoms with Gasteiger partial charge in [-0.1, -0.05) is 13.2 Å². The third-order valence-electron chi connectivity index (χ3n) is 1.66. The molecule has 0 aromatic heterocycles. The molecular weight excluding hydrogens is 222 g/mol. The molecule has 6 nitrogen and oxygen atoms in total. The first-order valence-electron chi connectivity index (χ1n) is 4.96. The fourth-order valence-corrected chi connectivity index (χ4v) is 0.666. The van der Waals surface area contributed by atoms with Crippen LogP contribution >= 0.6 is 0 Å². The number of ether oxygens (including phenoxy) is 2. The summed E-state index contributed by atoms with van der Waals surface area (Å²) in [5, 5.41) is 8.52. The smallest absolute Gasteiger partial charge is 0.335 e. The second-order valence-corrected chi connectivity index (χ2v) is 3.16. The van der Waals surface area contributed by atoms with Gasteiger partial charge in [-0.25, -0.2) is 4.79 Å². The zero-order valence-corrected chi connectivity index (χ0v) is 10.3. The average molecular weight is 241 g/mol. The van der Waals surface area contributed by atoms with Gasteiger partial charge in [-0.3, -0.25) is 0 Å². The number of rotatable bonds is 9. The highest BCUT2D eigenvalue weighted by Crippen LogP contribution is 1.94. The van der Waals surface area contributed by atoms with Crippen molar-refractivity contribution in [2.24, 2.45) is 0 Å². The standard InChI is InChI=1S/C11H19N3O3/c1-8(2)11(15)17-7-16-10(4)14-6-13-9(3)12-5/h12-14H,1,3-4,6-7H2,2,5H3. The Morgan fingerprint density at radius 3 is 2.35 bits per heavy atom. The fraction of sp³-hybridized carbons (Fsp3) is 0.364. The number of esters is 1. The molecule has 17 heavy (non-hydrogen) atoms. The van der Waals surface area contributed by atoms with Gasteiger partial charge >= 0.3 is 5.97 Å². The number of carbonyl (C=O) groups excluding carboxylic acids is 1. The van der Waals surface area contributed by atoms with E-state index in [0.29, 0.717) is 18.1 Å². The summed E-state index contributed by atoms with van der Waals surface area (Å²) in [4.78, 5) is 11.0. The lowest BCUT2D eigenvalue weighted by Crippen LogP contribution is -2.32. The second-order valence-electron chi connectivity index (χ2n) is 3.16. The Kier molecular flexibility index (Phi) is 7.09. The first-order valence-corrected chi connectivity index (χ1v) is 4.96. The molecule has 0 spiro atoms. The van der Waals surface area contributed by atoms with Gasteiger partial charge in [0, 0.05) is 12.6 Å². The van der Waals surface area contributed by atoms with Crippen molar-refractivity contribution in [3.63, 3.8) is 0 Å². The summed E-state index contributed by atoms with van der Waals surface area (Å²) in [6, 6.07) is 0. The number of carbonyl (C=O) groups is 1. The van der Waals surface area contributed by atoms with Crippen molar-refractivity contribution in [1.29, 1.82) is 0 Å². The summed E-state index contributed by atoms with van der Waals surface area (Å²) < 4.78 is 9.71. The van der Waals surface area contributed by atoms with E-state index in [9.17, 15) is 4.79 Å². The van der Waals surface area contributed by atoms with Crippen LogP contribution in [0.15, 0.2) is 37.0 Å². The molecule has 0 heterocycles. The van der Waals surface area contributed by atoms with E-state index in [1.165, 1.54) is 0 Å². The van der Waals surface area contributed by atoms with Crippen LogP contribution < -0.4 is 16.0 Å². The minimum absolute atomic E-state index is 0.204. The van der Waals surface area contributed by atoms with Crippen LogP contribution in [0, 0.1) is 0 Å². The van der Waals surface area contributed by atoms with Gasteiger partial charge in [-0.05, 0) is 13.5 Å². The van der Waals surface area contributed by atoms with Crippen molar-refractivity contribution in [2.45, 2.75) is 6.92 Å². The SMILES string of the molecule is C=C(NC)NCNC(=C)OCOC(=O)C(=C)C. The molecule has 0 atom stereocenters. The Bertz CT molecular complexity index is 313. The van der Waals surface area contributed by atoms with Gasteiger partial charge in [0.05, 0.1) is 12.5 Å². The Morgan fingerprint density at radius 2 is 1.82 bits per heavy atom. The molecule has 0 aromatic carbocycles. The van der Waals surface area contributed by atoms with E-state index in [0.717, 1.165) is 0 Å².